The molecule has 0 unspecified atom stereocenters. The predicted octanol–water partition coefficient (Wildman–Crippen LogP) is 5.91. The highest BCUT2D eigenvalue weighted by atomic mass is 16.1. The lowest BCUT2D eigenvalue weighted by Crippen LogP contribution is -2.25. The number of nitrogens with one attached hydrogen (secondary N) is 3. The third-order valence-electron chi connectivity index (χ3n) is 5.64. The van der Waals surface area contributed by atoms with E-state index in [0.717, 1.165) is 46.1 Å². The molecule has 0 atom stereocenters. The van der Waals surface area contributed by atoms with Crippen molar-refractivity contribution in [2.45, 2.75) is 39.5 Å². The Labute approximate surface area is 191 Å². The molecule has 3 rings (SSSR count). The summed E-state index contributed by atoms with van der Waals surface area (Å²) in [5.74, 6) is -0.0358. The fourth-order valence-electron chi connectivity index (χ4n) is 3.41. The van der Waals surface area contributed by atoms with Crippen LogP contribution in [0.1, 0.15) is 37.6 Å². The molecule has 0 radical (unpaired) electrons. The number of hydrogen-bond acceptors (Lipinski definition) is 4. The maximum absolute atomic E-state index is 12.5. The number of aromatic nitrogens is 1. The van der Waals surface area contributed by atoms with Crippen LogP contribution in [0.15, 0.2) is 79.1 Å². The van der Waals surface area contributed by atoms with E-state index in [4.69, 9.17) is 0 Å². The molecule has 1 aromatic heterocycles. The molecule has 32 heavy (non-hydrogen) atoms. The number of amides is 1. The maximum Gasteiger partial charge on any atom is 0.228 e. The van der Waals surface area contributed by atoms with Gasteiger partial charge in [-0.2, -0.15) is 0 Å². The first-order valence-corrected chi connectivity index (χ1v) is 10.9. The summed E-state index contributed by atoms with van der Waals surface area (Å²) in [6, 6.07) is 19.8. The van der Waals surface area contributed by atoms with Gasteiger partial charge in [0.2, 0.25) is 5.91 Å². The van der Waals surface area contributed by atoms with Gasteiger partial charge < -0.3 is 16.0 Å². The third-order valence-corrected chi connectivity index (χ3v) is 5.64. The second kappa shape index (κ2) is 10.1. The minimum absolute atomic E-state index is 0.0358. The van der Waals surface area contributed by atoms with Gasteiger partial charge in [-0.25, -0.2) is 0 Å². The van der Waals surface area contributed by atoms with Gasteiger partial charge in [-0.15, -0.1) is 0 Å². The summed E-state index contributed by atoms with van der Waals surface area (Å²) >= 11 is 0. The van der Waals surface area contributed by atoms with Crippen molar-refractivity contribution < 1.29 is 4.79 Å². The highest BCUT2D eigenvalue weighted by Crippen LogP contribution is 2.32. The van der Waals surface area contributed by atoms with E-state index in [1.807, 2.05) is 67.6 Å². The van der Waals surface area contributed by atoms with E-state index in [9.17, 15) is 4.79 Å². The Bertz CT molecular complexity index is 1070. The van der Waals surface area contributed by atoms with E-state index in [2.05, 4.69) is 48.3 Å². The Kier molecular flexibility index (Phi) is 7.31. The number of rotatable bonds is 9. The fourth-order valence-corrected chi connectivity index (χ4v) is 3.41. The summed E-state index contributed by atoms with van der Waals surface area (Å²) in [6.45, 7) is 13.4. The molecule has 5 heteroatoms. The second-order valence-electron chi connectivity index (χ2n) is 8.39. The number of carbonyl (C=O) groups is 1. The average Bonchev–Trinajstić information content (AvgIpc) is 2.77. The minimum atomic E-state index is -0.306. The summed E-state index contributed by atoms with van der Waals surface area (Å²) < 4.78 is 0. The molecule has 0 aliphatic carbocycles. The van der Waals surface area contributed by atoms with Crippen LogP contribution in [0, 0.1) is 6.92 Å². The van der Waals surface area contributed by atoms with Crippen LogP contribution in [0.25, 0.3) is 0 Å². The fraction of sp³-hybridized carbons (Fsp3) is 0.259. The smallest absolute Gasteiger partial charge is 0.228 e. The molecule has 3 aromatic rings. The highest BCUT2D eigenvalue weighted by Gasteiger charge is 2.25. The largest absolute Gasteiger partial charge is 0.385 e. The lowest BCUT2D eigenvalue weighted by atomic mass is 9.81. The van der Waals surface area contributed by atoms with E-state index in [1.165, 1.54) is 0 Å². The van der Waals surface area contributed by atoms with E-state index in [-0.39, 0.29) is 11.3 Å². The molecular weight excluding hydrogens is 396 g/mol. The quantitative estimate of drug-likeness (QED) is 0.397. The normalized spacial score (nSPS) is 11.0. The Morgan fingerprint density at radius 3 is 2.25 bits per heavy atom. The Morgan fingerprint density at radius 2 is 1.62 bits per heavy atom. The maximum atomic E-state index is 12.5. The number of nitrogens with zero attached hydrogens (tertiary/aromatic N) is 1. The monoisotopic (exact) mass is 428 g/mol. The van der Waals surface area contributed by atoms with E-state index >= 15 is 0 Å². The van der Waals surface area contributed by atoms with Crippen molar-refractivity contribution in [1.82, 2.24) is 4.98 Å². The van der Waals surface area contributed by atoms with Crippen LogP contribution in [0.3, 0.4) is 0 Å². The molecule has 0 aliphatic heterocycles. The van der Waals surface area contributed by atoms with Gasteiger partial charge in [0.25, 0.3) is 0 Å². The molecule has 0 bridgehead atoms. The molecule has 166 valence electrons. The van der Waals surface area contributed by atoms with Gasteiger partial charge in [0.1, 0.15) is 0 Å². The predicted molar refractivity (Wildman–Crippen MR) is 134 cm³/mol. The van der Waals surface area contributed by atoms with Crippen molar-refractivity contribution in [2.75, 3.05) is 22.5 Å². The molecular formula is C27H32N4O. The molecule has 0 saturated carbocycles. The summed E-state index contributed by atoms with van der Waals surface area (Å²) in [5.41, 5.74) is 6.38. The van der Waals surface area contributed by atoms with Gasteiger partial charge in [0.05, 0.1) is 17.8 Å². The Balaban J connectivity index is 1.61. The van der Waals surface area contributed by atoms with Gasteiger partial charge in [0.15, 0.2) is 0 Å². The first-order chi connectivity index (χ1) is 15.3. The molecule has 2 aromatic carbocycles. The lowest BCUT2D eigenvalue weighted by Gasteiger charge is -2.29. The van der Waals surface area contributed by atoms with Crippen LogP contribution in [0.5, 0.6) is 0 Å². The molecule has 0 aliphatic rings. The molecule has 0 spiro atoms. The zero-order valence-corrected chi connectivity index (χ0v) is 19.3. The molecule has 5 nitrogen and oxygen atoms in total. The molecule has 1 amide bonds. The summed E-state index contributed by atoms with van der Waals surface area (Å²) in [7, 11) is 0. The molecule has 1 heterocycles. The number of hydrogen-bond donors (Lipinski definition) is 3. The molecule has 3 N–H and O–H groups in total. The van der Waals surface area contributed by atoms with Crippen LogP contribution >= 0.6 is 0 Å². The first kappa shape index (κ1) is 23.1. The van der Waals surface area contributed by atoms with Crippen LogP contribution in [-0.4, -0.2) is 17.4 Å². The Hall–Kier alpha value is -3.60. The Morgan fingerprint density at radius 1 is 0.969 bits per heavy atom. The van der Waals surface area contributed by atoms with Crippen molar-refractivity contribution in [2.24, 2.45) is 0 Å². The zero-order valence-electron chi connectivity index (χ0n) is 19.3. The number of carbonyl (C=O) groups excluding carboxylic acids is 1. The standard InChI is InChI=1S/C27H32N4O/c1-6-28-23-13-9-21(10-14-23)18-26(32)31-24-15-11-22(12-16-24)27(4,5)20(3)30-25-8-7-17-29-19(25)2/h7-17,28,30H,3,6,18H2,1-2,4-5H3,(H,31,32). The number of allylic oxidation sites excluding steroid dienone is 1. The average molecular weight is 429 g/mol. The van der Waals surface area contributed by atoms with E-state index in [1.54, 1.807) is 6.20 Å². The second-order valence-corrected chi connectivity index (χ2v) is 8.39. The third kappa shape index (κ3) is 5.76. The van der Waals surface area contributed by atoms with Crippen LogP contribution < -0.4 is 16.0 Å². The number of benzene rings is 2. The molecule has 0 saturated heterocycles. The van der Waals surface area contributed by atoms with Gasteiger partial charge >= 0.3 is 0 Å². The van der Waals surface area contributed by atoms with Crippen LogP contribution in [-0.2, 0) is 16.6 Å². The number of pyridine rings is 1. The summed E-state index contributed by atoms with van der Waals surface area (Å²) in [6.07, 6.45) is 2.12. The highest BCUT2D eigenvalue weighted by molar-refractivity contribution is 5.92. The summed E-state index contributed by atoms with van der Waals surface area (Å²) in [5, 5.41) is 9.64. The SMILES string of the molecule is C=C(Nc1cccnc1C)C(C)(C)c1ccc(NC(=O)Cc2ccc(NCC)cc2)cc1. The number of anilines is 3. The molecule has 0 fully saturated rings. The zero-order chi connectivity index (χ0) is 23.1. The van der Waals surface area contributed by atoms with E-state index < -0.39 is 0 Å². The van der Waals surface area contributed by atoms with Crippen molar-refractivity contribution in [1.29, 1.82) is 0 Å². The summed E-state index contributed by atoms with van der Waals surface area (Å²) in [4.78, 5) is 16.8. The first-order valence-electron chi connectivity index (χ1n) is 10.9. The van der Waals surface area contributed by atoms with Crippen LogP contribution in [0.4, 0.5) is 17.1 Å². The topological polar surface area (TPSA) is 66.0 Å². The lowest BCUT2D eigenvalue weighted by molar-refractivity contribution is -0.115. The number of aryl methyl sites for hydroxylation is 1. The van der Waals surface area contributed by atoms with E-state index in [0.29, 0.717) is 6.42 Å². The van der Waals surface area contributed by atoms with Gasteiger partial charge in [-0.1, -0.05) is 44.7 Å². The van der Waals surface area contributed by atoms with Gasteiger partial charge in [0, 0.05) is 35.2 Å². The minimum Gasteiger partial charge on any atom is -0.385 e. The van der Waals surface area contributed by atoms with Gasteiger partial charge in [-0.3, -0.25) is 9.78 Å². The van der Waals surface area contributed by atoms with Crippen LogP contribution in [0.2, 0.25) is 0 Å². The van der Waals surface area contributed by atoms with Crippen molar-refractivity contribution >= 4 is 23.0 Å². The van der Waals surface area contributed by atoms with Gasteiger partial charge in [-0.05, 0) is 61.4 Å². The van der Waals surface area contributed by atoms with Crippen molar-refractivity contribution in [3.05, 3.63) is 96.0 Å². The van der Waals surface area contributed by atoms with Crippen molar-refractivity contribution in [3.63, 3.8) is 0 Å². The van der Waals surface area contributed by atoms with Crippen molar-refractivity contribution in [3.8, 4) is 0 Å².